The van der Waals surface area contributed by atoms with E-state index < -0.39 is 0 Å². The van der Waals surface area contributed by atoms with Crippen LogP contribution < -0.4 is 5.32 Å². The lowest BCUT2D eigenvalue weighted by Crippen LogP contribution is -2.26. The highest BCUT2D eigenvalue weighted by molar-refractivity contribution is 5.93. The number of imidazole rings is 2. The van der Waals surface area contributed by atoms with E-state index in [9.17, 15) is 4.79 Å². The largest absolute Gasteiger partial charge is 0.352 e. The number of hydrogen-bond acceptors (Lipinski definition) is 4. The Morgan fingerprint density at radius 3 is 2.88 bits per heavy atom. The molecule has 0 saturated carbocycles. The highest BCUT2D eigenvalue weighted by atomic mass is 16.1. The van der Waals surface area contributed by atoms with Gasteiger partial charge >= 0.3 is 0 Å². The smallest absolute Gasteiger partial charge is 0.252 e. The molecule has 0 aliphatic heterocycles. The SMILES string of the molecule is O=C(NCCc1nc2ccccc2[nH]1)c1ccc(-n2ccnc2)nc1. The second-order valence-electron chi connectivity index (χ2n) is 5.58. The van der Waals surface area contributed by atoms with E-state index in [1.165, 1.54) is 0 Å². The number of benzene rings is 1. The van der Waals surface area contributed by atoms with E-state index in [1.54, 1.807) is 41.6 Å². The van der Waals surface area contributed by atoms with Gasteiger partial charge in [0.25, 0.3) is 5.91 Å². The van der Waals surface area contributed by atoms with Crippen LogP contribution in [-0.4, -0.2) is 37.0 Å². The Hall–Kier alpha value is -3.48. The quantitative estimate of drug-likeness (QED) is 0.586. The first-order chi connectivity index (χ1) is 12.3. The van der Waals surface area contributed by atoms with Crippen LogP contribution >= 0.6 is 0 Å². The number of carbonyl (C=O) groups excluding carboxylic acids is 1. The van der Waals surface area contributed by atoms with Crippen LogP contribution in [0.1, 0.15) is 16.2 Å². The molecule has 3 aromatic heterocycles. The Morgan fingerprint density at radius 2 is 2.12 bits per heavy atom. The number of fused-ring (bicyclic) bond motifs is 1. The van der Waals surface area contributed by atoms with Crippen molar-refractivity contribution in [1.82, 2.24) is 29.8 Å². The van der Waals surface area contributed by atoms with E-state index in [0.29, 0.717) is 18.5 Å². The van der Waals surface area contributed by atoms with Gasteiger partial charge in [0.1, 0.15) is 18.0 Å². The van der Waals surface area contributed by atoms with Gasteiger partial charge in [0.15, 0.2) is 0 Å². The van der Waals surface area contributed by atoms with Crippen molar-refractivity contribution in [2.24, 2.45) is 0 Å². The van der Waals surface area contributed by atoms with Crippen LogP contribution in [0.2, 0.25) is 0 Å². The zero-order chi connectivity index (χ0) is 17.1. The highest BCUT2D eigenvalue weighted by Crippen LogP contribution is 2.10. The van der Waals surface area contributed by atoms with Gasteiger partial charge in [0.2, 0.25) is 0 Å². The van der Waals surface area contributed by atoms with Gasteiger partial charge in [-0.15, -0.1) is 0 Å². The van der Waals surface area contributed by atoms with E-state index in [4.69, 9.17) is 0 Å². The van der Waals surface area contributed by atoms with Crippen molar-refractivity contribution in [3.05, 3.63) is 72.7 Å². The van der Waals surface area contributed by atoms with Crippen LogP contribution in [0.15, 0.2) is 61.3 Å². The van der Waals surface area contributed by atoms with E-state index in [1.807, 2.05) is 24.3 Å². The van der Waals surface area contributed by atoms with Gasteiger partial charge in [-0.3, -0.25) is 9.36 Å². The average molecular weight is 332 g/mol. The summed E-state index contributed by atoms with van der Waals surface area (Å²) in [5, 5.41) is 2.89. The molecule has 0 unspecified atom stereocenters. The van der Waals surface area contributed by atoms with Gasteiger partial charge in [-0.2, -0.15) is 0 Å². The molecule has 1 amide bonds. The molecule has 0 spiro atoms. The Balaban J connectivity index is 1.35. The first kappa shape index (κ1) is 15.1. The Labute approximate surface area is 143 Å². The summed E-state index contributed by atoms with van der Waals surface area (Å²) in [6.07, 6.45) is 7.35. The summed E-state index contributed by atoms with van der Waals surface area (Å²) >= 11 is 0. The van der Waals surface area contributed by atoms with E-state index >= 15 is 0 Å². The second kappa shape index (κ2) is 6.56. The third kappa shape index (κ3) is 3.25. The summed E-state index contributed by atoms with van der Waals surface area (Å²) < 4.78 is 1.78. The zero-order valence-corrected chi connectivity index (χ0v) is 13.4. The maximum Gasteiger partial charge on any atom is 0.252 e. The van der Waals surface area contributed by atoms with Crippen molar-refractivity contribution < 1.29 is 4.79 Å². The minimum atomic E-state index is -0.152. The fraction of sp³-hybridized carbons (Fsp3) is 0.111. The van der Waals surface area contributed by atoms with Gasteiger partial charge < -0.3 is 10.3 Å². The summed E-state index contributed by atoms with van der Waals surface area (Å²) in [6.45, 7) is 0.502. The summed E-state index contributed by atoms with van der Waals surface area (Å²) in [5.41, 5.74) is 2.46. The number of H-pyrrole nitrogens is 1. The number of aromatic nitrogens is 5. The minimum Gasteiger partial charge on any atom is -0.352 e. The molecule has 25 heavy (non-hydrogen) atoms. The van der Waals surface area contributed by atoms with Crippen molar-refractivity contribution in [2.45, 2.75) is 6.42 Å². The van der Waals surface area contributed by atoms with E-state index in [2.05, 4.69) is 25.3 Å². The summed E-state index contributed by atoms with van der Waals surface area (Å²) in [5.74, 6) is 1.42. The topological polar surface area (TPSA) is 88.5 Å². The molecule has 1 aromatic carbocycles. The number of aromatic amines is 1. The molecular formula is C18H16N6O. The van der Waals surface area contributed by atoms with Crippen LogP contribution in [0.5, 0.6) is 0 Å². The highest BCUT2D eigenvalue weighted by Gasteiger charge is 2.07. The van der Waals surface area contributed by atoms with Crippen molar-refractivity contribution in [3.63, 3.8) is 0 Å². The summed E-state index contributed by atoms with van der Waals surface area (Å²) in [7, 11) is 0. The number of pyridine rings is 1. The molecule has 0 aliphatic rings. The van der Waals surface area contributed by atoms with E-state index in [-0.39, 0.29) is 5.91 Å². The second-order valence-corrected chi connectivity index (χ2v) is 5.58. The molecule has 4 rings (SSSR count). The fourth-order valence-corrected chi connectivity index (χ4v) is 2.59. The van der Waals surface area contributed by atoms with Crippen LogP contribution in [0.3, 0.4) is 0 Å². The normalized spacial score (nSPS) is 10.9. The molecule has 124 valence electrons. The molecule has 4 aromatic rings. The van der Waals surface area contributed by atoms with E-state index in [0.717, 1.165) is 22.7 Å². The number of hydrogen-bond donors (Lipinski definition) is 2. The standard InChI is InChI=1S/C18H16N6O/c25-18(13-5-6-17(21-11-13)24-10-9-19-12-24)20-8-7-16-22-14-3-1-2-4-15(14)23-16/h1-6,9-12H,7-8H2,(H,20,25)(H,22,23). The zero-order valence-electron chi connectivity index (χ0n) is 13.4. The van der Waals surface area contributed by atoms with Gasteiger partial charge in [-0.1, -0.05) is 12.1 Å². The maximum absolute atomic E-state index is 12.2. The number of nitrogens with one attached hydrogen (secondary N) is 2. The monoisotopic (exact) mass is 332 g/mol. The molecular weight excluding hydrogens is 316 g/mol. The third-order valence-corrected chi connectivity index (χ3v) is 3.86. The summed E-state index contributed by atoms with van der Waals surface area (Å²) in [6, 6.07) is 11.4. The van der Waals surface area contributed by atoms with Crippen molar-refractivity contribution in [1.29, 1.82) is 0 Å². The Kier molecular flexibility index (Phi) is 3.96. The number of amides is 1. The molecule has 0 aliphatic carbocycles. The lowest BCUT2D eigenvalue weighted by atomic mass is 10.2. The number of carbonyl (C=O) groups is 1. The lowest BCUT2D eigenvalue weighted by Gasteiger charge is -2.05. The Morgan fingerprint density at radius 1 is 1.20 bits per heavy atom. The van der Waals surface area contributed by atoms with Gasteiger partial charge in [-0.05, 0) is 24.3 Å². The first-order valence-corrected chi connectivity index (χ1v) is 7.96. The van der Waals surface area contributed by atoms with Crippen molar-refractivity contribution in [2.75, 3.05) is 6.54 Å². The molecule has 3 heterocycles. The van der Waals surface area contributed by atoms with Crippen molar-refractivity contribution >= 4 is 16.9 Å². The third-order valence-electron chi connectivity index (χ3n) is 3.86. The van der Waals surface area contributed by atoms with Crippen LogP contribution in [0.25, 0.3) is 16.9 Å². The minimum absolute atomic E-state index is 0.152. The average Bonchev–Trinajstić information content (AvgIpc) is 3.31. The molecule has 7 nitrogen and oxygen atoms in total. The number of nitrogens with zero attached hydrogens (tertiary/aromatic N) is 4. The number of para-hydroxylation sites is 2. The molecule has 0 radical (unpaired) electrons. The molecule has 0 saturated heterocycles. The number of rotatable bonds is 5. The predicted molar refractivity (Wildman–Crippen MR) is 93.5 cm³/mol. The van der Waals surface area contributed by atoms with Gasteiger partial charge in [0.05, 0.1) is 16.6 Å². The van der Waals surface area contributed by atoms with Crippen LogP contribution in [-0.2, 0) is 6.42 Å². The van der Waals surface area contributed by atoms with Crippen LogP contribution in [0, 0.1) is 0 Å². The first-order valence-electron chi connectivity index (χ1n) is 7.96. The summed E-state index contributed by atoms with van der Waals surface area (Å²) in [4.78, 5) is 28.2. The molecule has 2 N–H and O–H groups in total. The van der Waals surface area contributed by atoms with Crippen molar-refractivity contribution in [3.8, 4) is 5.82 Å². The molecule has 0 fully saturated rings. The predicted octanol–water partition coefficient (Wildman–Crippen LogP) is 2.12. The Bertz CT molecular complexity index is 955. The molecule has 0 atom stereocenters. The molecule has 0 bridgehead atoms. The molecule has 7 heteroatoms. The maximum atomic E-state index is 12.2. The van der Waals surface area contributed by atoms with Gasteiger partial charge in [-0.25, -0.2) is 15.0 Å². The lowest BCUT2D eigenvalue weighted by molar-refractivity contribution is 0.0953. The van der Waals surface area contributed by atoms with Crippen LogP contribution in [0.4, 0.5) is 0 Å². The van der Waals surface area contributed by atoms with Gasteiger partial charge in [0, 0.05) is 31.6 Å². The fourth-order valence-electron chi connectivity index (χ4n) is 2.59.